The quantitative estimate of drug-likeness (QED) is 0.445. The zero-order valence-electron chi connectivity index (χ0n) is 17.5. The van der Waals surface area contributed by atoms with Gasteiger partial charge in [0, 0.05) is 37.2 Å². The van der Waals surface area contributed by atoms with Crippen LogP contribution in [0, 0.1) is 0 Å². The Kier molecular flexibility index (Phi) is 10.1. The molecule has 2 aromatic rings. The first-order valence-corrected chi connectivity index (χ1v) is 10.4. The zero-order valence-corrected chi connectivity index (χ0v) is 17.5. The van der Waals surface area contributed by atoms with E-state index < -0.39 is 11.9 Å². The summed E-state index contributed by atoms with van der Waals surface area (Å²) in [6.07, 6.45) is 10.1. The third-order valence-corrected chi connectivity index (χ3v) is 4.84. The van der Waals surface area contributed by atoms with Crippen LogP contribution in [0.3, 0.4) is 0 Å². The number of hydrogen-bond acceptors (Lipinski definition) is 5. The third-order valence-electron chi connectivity index (χ3n) is 4.84. The summed E-state index contributed by atoms with van der Waals surface area (Å²) >= 11 is 0. The van der Waals surface area contributed by atoms with E-state index >= 15 is 0 Å². The monoisotopic (exact) mass is 400 g/mol. The minimum absolute atomic E-state index is 0.547. The summed E-state index contributed by atoms with van der Waals surface area (Å²) < 4.78 is 10.8. The molecule has 2 rings (SSSR count). The molecule has 0 saturated heterocycles. The second kappa shape index (κ2) is 12.9. The molecule has 1 aromatic heterocycles. The number of carbonyl (C=O) groups is 1. The maximum atomic E-state index is 11.5. The first-order valence-electron chi connectivity index (χ1n) is 10.4. The Morgan fingerprint density at radius 3 is 2.24 bits per heavy atom. The number of carboxylic acids is 1. The van der Waals surface area contributed by atoms with Crippen LogP contribution in [-0.2, 0) is 9.53 Å². The van der Waals surface area contributed by atoms with E-state index in [1.54, 1.807) is 19.5 Å². The minimum atomic E-state index is -0.824. The van der Waals surface area contributed by atoms with Crippen LogP contribution in [0.1, 0.15) is 63.4 Å². The molecule has 0 bridgehead atoms. The number of carboxylic acid groups (broad SMARTS) is 1. The lowest BCUT2D eigenvalue weighted by atomic mass is 9.96. The van der Waals surface area contributed by atoms with Crippen LogP contribution in [0.15, 0.2) is 36.7 Å². The van der Waals surface area contributed by atoms with E-state index in [1.165, 1.54) is 0 Å². The van der Waals surface area contributed by atoms with Gasteiger partial charge in [-0.1, -0.05) is 26.2 Å². The van der Waals surface area contributed by atoms with Crippen LogP contribution in [0.4, 0.5) is 0 Å². The summed E-state index contributed by atoms with van der Waals surface area (Å²) in [5, 5.41) is 9.44. The van der Waals surface area contributed by atoms with E-state index in [0.29, 0.717) is 24.4 Å². The van der Waals surface area contributed by atoms with Gasteiger partial charge in [0.15, 0.2) is 5.82 Å². The van der Waals surface area contributed by atoms with Gasteiger partial charge in [-0.2, -0.15) is 0 Å². The van der Waals surface area contributed by atoms with Crippen LogP contribution in [-0.4, -0.2) is 41.4 Å². The van der Waals surface area contributed by atoms with Crippen LogP contribution in [0.5, 0.6) is 5.75 Å². The van der Waals surface area contributed by atoms with Crippen molar-refractivity contribution >= 4 is 5.97 Å². The average Bonchev–Trinajstić information content (AvgIpc) is 2.74. The Labute approximate surface area is 173 Å². The smallest absolute Gasteiger partial charge is 0.311 e. The summed E-state index contributed by atoms with van der Waals surface area (Å²) in [6, 6.07) is 7.68. The van der Waals surface area contributed by atoms with Crippen LogP contribution >= 0.6 is 0 Å². The summed E-state index contributed by atoms with van der Waals surface area (Å²) in [5.74, 6) is 0.0371. The van der Waals surface area contributed by atoms with Gasteiger partial charge in [-0.15, -0.1) is 0 Å². The van der Waals surface area contributed by atoms with Crippen molar-refractivity contribution < 1.29 is 19.4 Å². The molecular formula is C23H32N2O4. The molecule has 158 valence electrons. The van der Waals surface area contributed by atoms with Crippen molar-refractivity contribution in [2.24, 2.45) is 0 Å². The Bertz CT molecular complexity index is 717. The van der Waals surface area contributed by atoms with Gasteiger partial charge in [-0.25, -0.2) is 9.97 Å². The molecule has 1 atom stereocenters. The lowest BCUT2D eigenvalue weighted by molar-refractivity contribution is -0.139. The third kappa shape index (κ3) is 7.81. The van der Waals surface area contributed by atoms with Gasteiger partial charge >= 0.3 is 5.97 Å². The lowest BCUT2D eigenvalue weighted by Crippen LogP contribution is -2.12. The molecule has 0 saturated carbocycles. The number of rotatable bonds is 14. The van der Waals surface area contributed by atoms with Gasteiger partial charge in [0.05, 0.1) is 12.5 Å². The van der Waals surface area contributed by atoms with Crippen molar-refractivity contribution in [1.82, 2.24) is 9.97 Å². The lowest BCUT2D eigenvalue weighted by Gasteiger charge is -2.12. The maximum absolute atomic E-state index is 11.5. The molecule has 1 N–H and O–H groups in total. The second-order valence-corrected chi connectivity index (χ2v) is 7.15. The van der Waals surface area contributed by atoms with Gasteiger partial charge in [-0.3, -0.25) is 4.79 Å². The number of aliphatic carboxylic acids is 1. The van der Waals surface area contributed by atoms with E-state index in [9.17, 15) is 9.90 Å². The predicted molar refractivity (Wildman–Crippen MR) is 113 cm³/mol. The molecule has 6 nitrogen and oxygen atoms in total. The topological polar surface area (TPSA) is 81.5 Å². The van der Waals surface area contributed by atoms with E-state index in [4.69, 9.17) is 9.47 Å². The van der Waals surface area contributed by atoms with Crippen LogP contribution in [0.2, 0.25) is 0 Å². The van der Waals surface area contributed by atoms with Gasteiger partial charge in [0.2, 0.25) is 0 Å². The van der Waals surface area contributed by atoms with E-state index in [0.717, 1.165) is 56.4 Å². The van der Waals surface area contributed by atoms with E-state index in [2.05, 4.69) is 16.9 Å². The van der Waals surface area contributed by atoms with Gasteiger partial charge < -0.3 is 14.6 Å². The number of ether oxygens (including phenoxy) is 2. The van der Waals surface area contributed by atoms with Crippen molar-refractivity contribution in [1.29, 1.82) is 0 Å². The number of methoxy groups -OCH3 is 1. The molecular weight excluding hydrogens is 368 g/mol. The number of aromatic nitrogens is 2. The van der Waals surface area contributed by atoms with E-state index in [-0.39, 0.29) is 0 Å². The number of benzene rings is 1. The zero-order chi connectivity index (χ0) is 20.9. The molecule has 0 spiro atoms. The molecule has 0 aliphatic heterocycles. The Morgan fingerprint density at radius 1 is 1.00 bits per heavy atom. The highest BCUT2D eigenvalue weighted by atomic mass is 16.5. The standard InChI is InChI=1S/C23H32N2O4/c1-3-4-9-21(23(26)27)19-16-24-22(25-17-19)18-10-12-20(13-11-18)29-15-8-6-5-7-14-28-2/h10-13,16-17,21H,3-9,14-15H2,1-2H3,(H,26,27). The molecule has 1 heterocycles. The fourth-order valence-electron chi connectivity index (χ4n) is 3.10. The Balaban J connectivity index is 1.86. The fourth-order valence-corrected chi connectivity index (χ4v) is 3.10. The van der Waals surface area contributed by atoms with Crippen molar-refractivity contribution in [3.63, 3.8) is 0 Å². The normalized spacial score (nSPS) is 11.9. The summed E-state index contributed by atoms with van der Waals surface area (Å²) in [7, 11) is 1.73. The van der Waals surface area contributed by atoms with E-state index in [1.807, 2.05) is 24.3 Å². The molecule has 0 aliphatic rings. The van der Waals surface area contributed by atoms with Crippen molar-refractivity contribution in [2.45, 2.75) is 57.8 Å². The molecule has 0 fully saturated rings. The average molecular weight is 401 g/mol. The molecule has 0 aliphatic carbocycles. The maximum Gasteiger partial charge on any atom is 0.311 e. The molecule has 6 heteroatoms. The molecule has 29 heavy (non-hydrogen) atoms. The van der Waals surface area contributed by atoms with Gasteiger partial charge in [0.1, 0.15) is 5.75 Å². The summed E-state index contributed by atoms with van der Waals surface area (Å²) in [6.45, 7) is 3.57. The first-order chi connectivity index (χ1) is 14.2. The summed E-state index contributed by atoms with van der Waals surface area (Å²) in [4.78, 5) is 20.2. The fraction of sp³-hybridized carbons (Fsp3) is 0.522. The Hall–Kier alpha value is -2.47. The number of nitrogens with zero attached hydrogens (tertiary/aromatic N) is 2. The van der Waals surface area contributed by atoms with Crippen molar-refractivity contribution in [2.75, 3.05) is 20.3 Å². The van der Waals surface area contributed by atoms with Gasteiger partial charge in [-0.05, 0) is 49.9 Å². The van der Waals surface area contributed by atoms with Crippen LogP contribution in [0.25, 0.3) is 11.4 Å². The van der Waals surface area contributed by atoms with Gasteiger partial charge in [0.25, 0.3) is 0 Å². The predicted octanol–water partition coefficient (Wildman–Crippen LogP) is 5.09. The molecule has 0 radical (unpaired) electrons. The summed E-state index contributed by atoms with van der Waals surface area (Å²) in [5.41, 5.74) is 1.53. The SMILES string of the molecule is CCCCC(C(=O)O)c1cnc(-c2ccc(OCCCCCCOC)cc2)nc1. The second-order valence-electron chi connectivity index (χ2n) is 7.15. The van der Waals surface area contributed by atoms with Crippen LogP contribution < -0.4 is 4.74 Å². The van der Waals surface area contributed by atoms with Crippen molar-refractivity contribution in [3.05, 3.63) is 42.2 Å². The number of unbranched alkanes of at least 4 members (excludes halogenated alkanes) is 4. The highest BCUT2D eigenvalue weighted by molar-refractivity contribution is 5.75. The highest BCUT2D eigenvalue weighted by Crippen LogP contribution is 2.24. The highest BCUT2D eigenvalue weighted by Gasteiger charge is 2.20. The Morgan fingerprint density at radius 2 is 1.66 bits per heavy atom. The minimum Gasteiger partial charge on any atom is -0.494 e. The number of hydrogen-bond donors (Lipinski definition) is 1. The first kappa shape index (κ1) is 22.8. The molecule has 1 aromatic carbocycles. The van der Waals surface area contributed by atoms with Crippen molar-refractivity contribution in [3.8, 4) is 17.1 Å². The molecule has 0 amide bonds. The molecule has 1 unspecified atom stereocenters. The largest absolute Gasteiger partial charge is 0.494 e.